The molecule has 2 aromatic carbocycles. The Bertz CT molecular complexity index is 547. The fraction of sp³-hybridized carbons (Fsp3) is 0.143. The van der Waals surface area contributed by atoms with E-state index in [1.165, 1.54) is 0 Å². The molecule has 2 rings (SSSR count). The van der Waals surface area contributed by atoms with Crippen molar-refractivity contribution >= 4 is 18.5 Å². The van der Waals surface area contributed by atoms with Gasteiger partial charge in [-0.25, -0.2) is 0 Å². The maximum atomic E-state index is 12.1. The summed E-state index contributed by atoms with van der Waals surface area (Å²) in [6.45, 7) is 0.333. The van der Waals surface area contributed by atoms with Gasteiger partial charge in [-0.2, -0.15) is 0 Å². The average molecular weight is 316 g/mol. The molecular weight excluding hydrogens is 302 g/mol. The number of aryl methyl sites for hydroxylation is 2. The average Bonchev–Trinajstić information content (AvgIpc) is 2.34. The minimum Gasteiger partial charge on any atom is -0.760 e. The fourth-order valence-electron chi connectivity index (χ4n) is 1.48. The van der Waals surface area contributed by atoms with Gasteiger partial charge in [-0.05, 0) is 49.9 Å². The van der Waals surface area contributed by atoms with E-state index in [0.29, 0.717) is 11.5 Å². The van der Waals surface area contributed by atoms with Gasteiger partial charge in [-0.1, -0.05) is 35.4 Å². The Labute approximate surface area is 146 Å². The van der Waals surface area contributed by atoms with Gasteiger partial charge in [0.1, 0.15) is 11.5 Å². The standard InChI is InChI=1S/C14H15O3PS.Na/c1-11-3-7-13(8-4-11)16-18(15,19)17-14-9-5-12(2)6-10-14;/h3-10H,1-2H3,(H,15,19);/q;+1/p-1. The molecule has 0 spiro atoms. The molecule has 0 radical (unpaired) electrons. The van der Waals surface area contributed by atoms with Crippen LogP contribution in [0, 0.1) is 13.8 Å². The molecule has 0 heterocycles. The molecule has 0 N–H and O–H groups in total. The summed E-state index contributed by atoms with van der Waals surface area (Å²) < 4.78 is 10.5. The van der Waals surface area contributed by atoms with E-state index in [1.807, 2.05) is 38.1 Å². The maximum absolute atomic E-state index is 12.1. The SMILES string of the molecule is Cc1ccc(OP([O-])(=S)Oc2ccc(C)cc2)cc1.[Na+]. The van der Waals surface area contributed by atoms with Crippen LogP contribution in [0.1, 0.15) is 11.1 Å². The first-order valence-electron chi connectivity index (χ1n) is 5.78. The summed E-state index contributed by atoms with van der Waals surface area (Å²) in [5.41, 5.74) is 2.18. The van der Waals surface area contributed by atoms with E-state index in [0.717, 1.165) is 11.1 Å². The Balaban J connectivity index is 0.00000200. The zero-order chi connectivity index (χ0) is 13.9. The van der Waals surface area contributed by atoms with E-state index in [2.05, 4.69) is 0 Å². The van der Waals surface area contributed by atoms with Gasteiger partial charge in [0.2, 0.25) is 6.72 Å². The van der Waals surface area contributed by atoms with E-state index in [9.17, 15) is 4.89 Å². The second-order valence-corrected chi connectivity index (χ2v) is 6.86. The van der Waals surface area contributed by atoms with Crippen molar-refractivity contribution in [1.29, 1.82) is 0 Å². The van der Waals surface area contributed by atoms with E-state index in [4.69, 9.17) is 20.9 Å². The molecule has 0 atom stereocenters. The predicted octanol–water partition coefficient (Wildman–Crippen LogP) is 0.350. The largest absolute Gasteiger partial charge is 1.00 e. The Hall–Kier alpha value is -0.350. The zero-order valence-electron chi connectivity index (χ0n) is 11.7. The first kappa shape index (κ1) is 17.7. The Morgan fingerprint density at radius 3 is 1.40 bits per heavy atom. The van der Waals surface area contributed by atoms with Gasteiger partial charge >= 0.3 is 29.6 Å². The van der Waals surface area contributed by atoms with Crippen molar-refractivity contribution in [3.63, 3.8) is 0 Å². The van der Waals surface area contributed by atoms with Crippen molar-refractivity contribution in [2.45, 2.75) is 13.8 Å². The third-order valence-electron chi connectivity index (χ3n) is 2.48. The summed E-state index contributed by atoms with van der Waals surface area (Å²) in [6.07, 6.45) is 0. The maximum Gasteiger partial charge on any atom is 1.00 e. The van der Waals surface area contributed by atoms with Crippen LogP contribution in [0.3, 0.4) is 0 Å². The molecule has 0 aromatic heterocycles. The third-order valence-corrected chi connectivity index (χ3v) is 3.79. The van der Waals surface area contributed by atoms with Crippen molar-refractivity contribution in [2.75, 3.05) is 0 Å². The second-order valence-electron chi connectivity index (χ2n) is 4.26. The monoisotopic (exact) mass is 316 g/mol. The molecule has 6 heteroatoms. The summed E-state index contributed by atoms with van der Waals surface area (Å²) in [6, 6.07) is 14.3. The van der Waals surface area contributed by atoms with Crippen molar-refractivity contribution < 1.29 is 43.5 Å². The Morgan fingerprint density at radius 1 is 0.800 bits per heavy atom. The number of hydrogen-bond donors (Lipinski definition) is 0. The smallest absolute Gasteiger partial charge is 0.760 e. The van der Waals surface area contributed by atoms with Gasteiger partial charge < -0.3 is 13.9 Å². The summed E-state index contributed by atoms with van der Waals surface area (Å²) in [5.74, 6) is 0.882. The van der Waals surface area contributed by atoms with E-state index in [-0.39, 0.29) is 29.6 Å². The van der Waals surface area contributed by atoms with Gasteiger partial charge in [0.25, 0.3) is 0 Å². The molecule has 0 fully saturated rings. The third kappa shape index (κ3) is 5.57. The van der Waals surface area contributed by atoms with Crippen LogP contribution < -0.4 is 43.5 Å². The van der Waals surface area contributed by atoms with E-state index >= 15 is 0 Å². The first-order chi connectivity index (χ1) is 8.94. The van der Waals surface area contributed by atoms with E-state index in [1.54, 1.807) is 24.3 Å². The molecule has 0 aliphatic rings. The van der Waals surface area contributed by atoms with Crippen LogP contribution in [0.5, 0.6) is 11.5 Å². The molecule has 0 saturated heterocycles. The molecule has 100 valence electrons. The summed E-state index contributed by atoms with van der Waals surface area (Å²) in [5, 5.41) is 0. The van der Waals surface area contributed by atoms with Crippen LogP contribution in [-0.2, 0) is 11.8 Å². The van der Waals surface area contributed by atoms with Crippen molar-refractivity contribution in [2.24, 2.45) is 0 Å². The van der Waals surface area contributed by atoms with Gasteiger partial charge in [0.05, 0.1) is 0 Å². The van der Waals surface area contributed by atoms with Crippen LogP contribution in [0.15, 0.2) is 48.5 Å². The molecule has 2 aromatic rings. The summed E-state index contributed by atoms with van der Waals surface area (Å²) >= 11 is 4.88. The van der Waals surface area contributed by atoms with Crippen molar-refractivity contribution in [1.82, 2.24) is 0 Å². The van der Waals surface area contributed by atoms with Crippen LogP contribution >= 0.6 is 6.72 Å². The van der Waals surface area contributed by atoms with Gasteiger partial charge in [-0.3, -0.25) is 0 Å². The molecule has 0 saturated carbocycles. The normalized spacial score (nSPS) is 10.6. The number of benzene rings is 2. The summed E-state index contributed by atoms with van der Waals surface area (Å²) in [4.78, 5) is 12.1. The minimum atomic E-state index is -3.58. The molecule has 0 bridgehead atoms. The Kier molecular flexibility index (Phi) is 6.73. The molecule has 3 nitrogen and oxygen atoms in total. The molecule has 20 heavy (non-hydrogen) atoms. The molecule has 0 aliphatic heterocycles. The molecular formula is C14H14NaO3PS. The van der Waals surface area contributed by atoms with Crippen LogP contribution in [0.25, 0.3) is 0 Å². The van der Waals surface area contributed by atoms with Crippen LogP contribution in [0.2, 0.25) is 0 Å². The Morgan fingerprint density at radius 2 is 1.10 bits per heavy atom. The van der Waals surface area contributed by atoms with Crippen molar-refractivity contribution in [3.8, 4) is 11.5 Å². The van der Waals surface area contributed by atoms with Gasteiger partial charge in [0, 0.05) is 0 Å². The van der Waals surface area contributed by atoms with Gasteiger partial charge in [-0.15, -0.1) is 0 Å². The first-order valence-corrected chi connectivity index (χ1v) is 8.34. The zero-order valence-corrected chi connectivity index (χ0v) is 15.4. The predicted molar refractivity (Wildman–Crippen MR) is 77.9 cm³/mol. The number of rotatable bonds is 4. The van der Waals surface area contributed by atoms with Gasteiger partial charge in [0.15, 0.2) is 0 Å². The van der Waals surface area contributed by atoms with E-state index < -0.39 is 6.72 Å². The molecule has 0 unspecified atom stereocenters. The van der Waals surface area contributed by atoms with Crippen molar-refractivity contribution in [3.05, 3.63) is 59.7 Å². The fourth-order valence-corrected chi connectivity index (χ4v) is 2.79. The topological polar surface area (TPSA) is 41.5 Å². The summed E-state index contributed by atoms with van der Waals surface area (Å²) in [7, 11) is 0. The minimum absolute atomic E-state index is 0. The molecule has 0 aliphatic carbocycles. The second kappa shape index (κ2) is 7.60. The quantitative estimate of drug-likeness (QED) is 0.603. The molecule has 0 amide bonds. The number of hydrogen-bond acceptors (Lipinski definition) is 4. The van der Waals surface area contributed by atoms with Crippen LogP contribution in [0.4, 0.5) is 0 Å². The van der Waals surface area contributed by atoms with Crippen LogP contribution in [-0.4, -0.2) is 0 Å².